The summed E-state index contributed by atoms with van der Waals surface area (Å²) in [6.07, 6.45) is 4.11. The highest BCUT2D eigenvalue weighted by Gasteiger charge is 2.43. The fraction of sp³-hybridized carbons (Fsp3) is 0.808. The highest BCUT2D eigenvalue weighted by Crippen LogP contribution is 2.22. The monoisotopic (exact) mass is 547 g/mol. The zero-order valence-corrected chi connectivity index (χ0v) is 22.1. The Balaban J connectivity index is 1.29. The Morgan fingerprint density at radius 2 is 1.55 bits per heavy atom. The van der Waals surface area contributed by atoms with E-state index in [-0.39, 0.29) is 19.1 Å². The number of carbonyl (C=O) groups is 1. The summed E-state index contributed by atoms with van der Waals surface area (Å²) >= 11 is 0. The summed E-state index contributed by atoms with van der Waals surface area (Å²) in [6.45, 7) is 3.65. The van der Waals surface area contributed by atoms with Gasteiger partial charge in [-0.25, -0.2) is 0 Å². The van der Waals surface area contributed by atoms with Crippen molar-refractivity contribution in [3.63, 3.8) is 0 Å². The number of aliphatic hydroxyl groups excluding tert-OH is 4. The van der Waals surface area contributed by atoms with Crippen molar-refractivity contribution in [3.05, 3.63) is 23.8 Å². The van der Waals surface area contributed by atoms with Crippen molar-refractivity contribution in [1.82, 2.24) is 5.32 Å². The number of nitrogens with one attached hydrogen (secondary N) is 1. The zero-order chi connectivity index (χ0) is 27.4. The third-order valence-corrected chi connectivity index (χ3v) is 6.04. The summed E-state index contributed by atoms with van der Waals surface area (Å²) in [5.41, 5.74) is 1.40. The molecule has 0 bridgehead atoms. The predicted octanol–water partition coefficient (Wildman–Crippen LogP) is -0.568. The van der Waals surface area contributed by atoms with E-state index >= 15 is 0 Å². The van der Waals surface area contributed by atoms with E-state index in [9.17, 15) is 25.2 Å². The van der Waals surface area contributed by atoms with Crippen LogP contribution in [-0.2, 0) is 33.2 Å². The van der Waals surface area contributed by atoms with Gasteiger partial charge < -0.3 is 54.2 Å². The van der Waals surface area contributed by atoms with Gasteiger partial charge in [-0.1, -0.05) is 23.8 Å². The Kier molecular flexibility index (Phi) is 17.6. The number of ether oxygens (including phenoxy) is 6. The predicted molar refractivity (Wildman–Crippen MR) is 136 cm³/mol. The summed E-state index contributed by atoms with van der Waals surface area (Å²) in [4.78, 5) is 11.8. The molecule has 1 aliphatic heterocycles. The molecule has 5 N–H and O–H groups in total. The van der Waals surface area contributed by atoms with E-state index in [0.717, 1.165) is 25.7 Å². The molecule has 0 aromatic carbocycles. The molecule has 220 valence electrons. The van der Waals surface area contributed by atoms with Crippen LogP contribution in [0.3, 0.4) is 0 Å². The normalized spacial score (nSPS) is 25.1. The molecule has 1 heterocycles. The Bertz CT molecular complexity index is 688. The third kappa shape index (κ3) is 13.6. The van der Waals surface area contributed by atoms with Crippen LogP contribution >= 0.6 is 0 Å². The lowest BCUT2D eigenvalue weighted by Gasteiger charge is -2.39. The Labute approximate surface area is 224 Å². The fourth-order valence-corrected chi connectivity index (χ4v) is 3.79. The Hall–Kier alpha value is -1.45. The van der Waals surface area contributed by atoms with Gasteiger partial charge in [-0.05, 0) is 32.1 Å². The van der Waals surface area contributed by atoms with Crippen LogP contribution in [0.4, 0.5) is 0 Å². The third-order valence-electron chi connectivity index (χ3n) is 6.04. The number of unbranched alkanes of at least 4 members (excludes halogenated alkanes) is 2. The van der Waals surface area contributed by atoms with Crippen molar-refractivity contribution in [2.45, 2.75) is 62.8 Å². The molecule has 0 aromatic heterocycles. The molecule has 1 saturated heterocycles. The number of hydrogen-bond donors (Lipinski definition) is 5. The molecule has 0 saturated carbocycles. The highest BCUT2D eigenvalue weighted by atomic mass is 16.7. The van der Waals surface area contributed by atoms with E-state index in [2.05, 4.69) is 23.5 Å². The lowest BCUT2D eigenvalue weighted by atomic mass is 9.99. The van der Waals surface area contributed by atoms with E-state index in [1.807, 2.05) is 0 Å². The van der Waals surface area contributed by atoms with E-state index in [0.29, 0.717) is 59.2 Å². The molecule has 0 radical (unpaired) electrons. The molecule has 1 amide bonds. The van der Waals surface area contributed by atoms with Gasteiger partial charge in [0.25, 0.3) is 0 Å². The summed E-state index contributed by atoms with van der Waals surface area (Å²) < 4.78 is 32.4. The van der Waals surface area contributed by atoms with Crippen LogP contribution in [0.5, 0.6) is 0 Å². The van der Waals surface area contributed by atoms with Crippen molar-refractivity contribution in [1.29, 1.82) is 0 Å². The molecule has 5 atom stereocenters. The van der Waals surface area contributed by atoms with Crippen molar-refractivity contribution < 1.29 is 53.6 Å². The van der Waals surface area contributed by atoms with Gasteiger partial charge in [0.2, 0.25) is 5.91 Å². The van der Waals surface area contributed by atoms with Crippen molar-refractivity contribution in [2.75, 3.05) is 72.6 Å². The minimum Gasteiger partial charge on any atom is -0.394 e. The standard InChI is InChI=1S/C26H45NO11/c28-18-21-23(30)24(31)25(32)26(38-21)37-10-5-1-4-9-27-22(29)19-36-17-16-35-15-14-34-13-12-33-11-8-20-6-2-3-7-20/h2-3,6,21,23-26,28,30-32H,1,4-5,7-19H2,(H,27,29)/t21-,23+,24+,25-,26-/m1/s1. The van der Waals surface area contributed by atoms with Crippen molar-refractivity contribution in [2.24, 2.45) is 0 Å². The van der Waals surface area contributed by atoms with Gasteiger partial charge in [-0.2, -0.15) is 0 Å². The summed E-state index contributed by atoms with van der Waals surface area (Å²) in [7, 11) is 0. The molecule has 1 aliphatic carbocycles. The molecular formula is C26H45NO11. The molecule has 0 aromatic rings. The quantitative estimate of drug-likeness (QED) is 0.110. The van der Waals surface area contributed by atoms with Gasteiger partial charge in [-0.3, -0.25) is 4.79 Å². The zero-order valence-electron chi connectivity index (χ0n) is 22.1. The second-order valence-corrected chi connectivity index (χ2v) is 9.08. The lowest BCUT2D eigenvalue weighted by Crippen LogP contribution is -2.59. The molecule has 1 fully saturated rings. The number of amides is 1. The van der Waals surface area contributed by atoms with E-state index in [4.69, 9.17) is 28.4 Å². The average Bonchev–Trinajstić information content (AvgIpc) is 3.44. The molecule has 0 spiro atoms. The van der Waals surface area contributed by atoms with Crippen LogP contribution < -0.4 is 5.32 Å². The van der Waals surface area contributed by atoms with Gasteiger partial charge in [0.1, 0.15) is 31.0 Å². The molecule has 38 heavy (non-hydrogen) atoms. The molecule has 2 rings (SSSR count). The van der Waals surface area contributed by atoms with E-state index in [1.165, 1.54) is 5.57 Å². The minimum absolute atomic E-state index is 0.0373. The van der Waals surface area contributed by atoms with Crippen LogP contribution in [0.15, 0.2) is 23.8 Å². The van der Waals surface area contributed by atoms with Gasteiger partial charge >= 0.3 is 0 Å². The molecule has 0 unspecified atom stereocenters. The fourth-order valence-electron chi connectivity index (χ4n) is 3.79. The van der Waals surface area contributed by atoms with Gasteiger partial charge in [0.05, 0.1) is 52.9 Å². The van der Waals surface area contributed by atoms with Crippen LogP contribution in [0, 0.1) is 0 Å². The van der Waals surface area contributed by atoms with E-state index in [1.54, 1.807) is 0 Å². The molecular weight excluding hydrogens is 502 g/mol. The second kappa shape index (κ2) is 20.5. The minimum atomic E-state index is -1.45. The Morgan fingerprint density at radius 3 is 2.21 bits per heavy atom. The number of rotatable bonds is 22. The van der Waals surface area contributed by atoms with Gasteiger partial charge in [0, 0.05) is 13.2 Å². The van der Waals surface area contributed by atoms with Crippen LogP contribution in [-0.4, -0.2) is 130 Å². The first kappa shape index (κ1) is 32.8. The summed E-state index contributed by atoms with van der Waals surface area (Å²) in [6, 6.07) is 0. The highest BCUT2D eigenvalue weighted by molar-refractivity contribution is 5.77. The maximum Gasteiger partial charge on any atom is 0.245 e. The van der Waals surface area contributed by atoms with Crippen LogP contribution in [0.2, 0.25) is 0 Å². The molecule has 12 heteroatoms. The first-order valence-corrected chi connectivity index (χ1v) is 13.4. The van der Waals surface area contributed by atoms with Crippen LogP contribution in [0.1, 0.15) is 32.1 Å². The maximum atomic E-state index is 11.8. The lowest BCUT2D eigenvalue weighted by molar-refractivity contribution is -0.301. The van der Waals surface area contributed by atoms with Crippen molar-refractivity contribution in [3.8, 4) is 0 Å². The van der Waals surface area contributed by atoms with E-state index < -0.39 is 37.3 Å². The largest absolute Gasteiger partial charge is 0.394 e. The summed E-state index contributed by atoms with van der Waals surface area (Å²) in [5.74, 6) is -0.202. The van der Waals surface area contributed by atoms with Gasteiger partial charge in [-0.15, -0.1) is 0 Å². The number of hydrogen-bond acceptors (Lipinski definition) is 11. The molecule has 12 nitrogen and oxygen atoms in total. The summed E-state index contributed by atoms with van der Waals surface area (Å²) in [5, 5.41) is 41.4. The smallest absolute Gasteiger partial charge is 0.245 e. The topological polar surface area (TPSA) is 165 Å². The first-order chi connectivity index (χ1) is 18.5. The maximum absolute atomic E-state index is 11.8. The number of aliphatic hydroxyl groups is 4. The van der Waals surface area contributed by atoms with Gasteiger partial charge in [0.15, 0.2) is 6.29 Å². The average molecular weight is 548 g/mol. The SMILES string of the molecule is O=C(COCCOCCOCCOCCC1=CC=CC1)NCCCCCO[C@@H]1O[C@H](CO)[C@H](O)[C@H](O)[C@H]1O. The van der Waals surface area contributed by atoms with Crippen molar-refractivity contribution >= 4 is 5.91 Å². The number of allylic oxidation sites excluding steroid dienone is 3. The van der Waals surface area contributed by atoms with Crippen LogP contribution in [0.25, 0.3) is 0 Å². The number of carbonyl (C=O) groups excluding carboxylic acids is 1. The first-order valence-electron chi connectivity index (χ1n) is 13.4. The molecule has 2 aliphatic rings. The Morgan fingerprint density at radius 1 is 0.868 bits per heavy atom. The second-order valence-electron chi connectivity index (χ2n) is 9.08.